The maximum absolute atomic E-state index is 8.67. The fraction of sp³-hybridized carbons (Fsp3) is 0.444. The van der Waals surface area contributed by atoms with Gasteiger partial charge in [-0.25, -0.2) is 0 Å². The summed E-state index contributed by atoms with van der Waals surface area (Å²) < 4.78 is 0.799. The molecule has 1 heterocycles. The molecule has 0 aliphatic rings. The molecule has 4 heteroatoms. The van der Waals surface area contributed by atoms with Gasteiger partial charge in [-0.3, -0.25) is 4.90 Å². The van der Waals surface area contributed by atoms with Gasteiger partial charge in [-0.2, -0.15) is 5.26 Å². The third-order valence-corrected chi connectivity index (χ3v) is 3.10. The maximum atomic E-state index is 8.67. The lowest BCUT2D eigenvalue weighted by atomic mass is 10.3. The molecule has 0 amide bonds. The highest BCUT2D eigenvalue weighted by Gasteiger charge is 2.08. The molecule has 1 rings (SSSR count). The summed E-state index contributed by atoms with van der Waals surface area (Å²) in [5.41, 5.74) is 0. The Bertz CT molecular complexity index is 316. The van der Waals surface area contributed by atoms with Gasteiger partial charge in [-0.05, 0) is 26.1 Å². The van der Waals surface area contributed by atoms with Gasteiger partial charge in [0.05, 0.1) is 16.4 Å². The summed E-state index contributed by atoms with van der Waals surface area (Å²) in [5, 5.41) is 8.67. The molecule has 1 unspecified atom stereocenters. The van der Waals surface area contributed by atoms with Gasteiger partial charge in [-0.15, -0.1) is 11.3 Å². The molecule has 1 atom stereocenters. The van der Waals surface area contributed by atoms with E-state index in [2.05, 4.69) is 6.07 Å². The van der Waals surface area contributed by atoms with Gasteiger partial charge in [0.25, 0.3) is 0 Å². The van der Waals surface area contributed by atoms with E-state index >= 15 is 0 Å². The first-order valence-electron chi connectivity index (χ1n) is 3.97. The number of rotatable bonds is 3. The molecule has 0 radical (unpaired) electrons. The molecule has 0 bridgehead atoms. The molecule has 2 nitrogen and oxygen atoms in total. The Kier molecular flexibility index (Phi) is 3.73. The van der Waals surface area contributed by atoms with Crippen molar-refractivity contribution < 1.29 is 0 Å². The van der Waals surface area contributed by atoms with Crippen molar-refractivity contribution in [3.8, 4) is 6.07 Å². The fourth-order valence-electron chi connectivity index (χ4n) is 0.918. The lowest BCUT2D eigenvalue weighted by molar-refractivity contribution is 0.297. The molecular weight excluding hydrogens is 204 g/mol. The van der Waals surface area contributed by atoms with Gasteiger partial charge >= 0.3 is 0 Å². The molecule has 1 aromatic rings. The predicted octanol–water partition coefficient (Wildman–Crippen LogP) is 2.75. The molecule has 70 valence electrons. The van der Waals surface area contributed by atoms with E-state index in [-0.39, 0.29) is 6.04 Å². The lowest BCUT2D eigenvalue weighted by Gasteiger charge is -2.17. The zero-order valence-electron chi connectivity index (χ0n) is 7.62. The van der Waals surface area contributed by atoms with Crippen LogP contribution in [0.3, 0.4) is 0 Å². The molecule has 0 fully saturated rings. The second kappa shape index (κ2) is 4.61. The second-order valence-electron chi connectivity index (χ2n) is 2.93. The van der Waals surface area contributed by atoms with E-state index in [1.807, 2.05) is 31.0 Å². The molecular formula is C9H11ClN2S. The standard InChI is InChI=1S/C9H11ClN2S/c1-7(5-11)12(2)6-8-3-4-9(10)13-8/h3-4,7H,6H2,1-2H3. The summed E-state index contributed by atoms with van der Waals surface area (Å²) in [6, 6.07) is 6.01. The van der Waals surface area contributed by atoms with Crippen LogP contribution in [0.2, 0.25) is 4.34 Å². The Morgan fingerprint density at radius 1 is 1.69 bits per heavy atom. The fourth-order valence-corrected chi connectivity index (χ4v) is 2.07. The van der Waals surface area contributed by atoms with Crippen LogP contribution >= 0.6 is 22.9 Å². The summed E-state index contributed by atoms with van der Waals surface area (Å²) in [4.78, 5) is 3.18. The minimum absolute atomic E-state index is 0.0547. The van der Waals surface area contributed by atoms with E-state index in [0.717, 1.165) is 10.9 Å². The van der Waals surface area contributed by atoms with Gasteiger partial charge in [0.15, 0.2) is 0 Å². The molecule has 0 N–H and O–H groups in total. The largest absolute Gasteiger partial charge is 0.286 e. The highest BCUT2D eigenvalue weighted by molar-refractivity contribution is 7.16. The monoisotopic (exact) mass is 214 g/mol. The molecule has 0 saturated carbocycles. The van der Waals surface area contributed by atoms with Gasteiger partial charge in [0, 0.05) is 11.4 Å². The third kappa shape index (κ3) is 3.00. The molecule has 0 aliphatic heterocycles. The number of hydrogen-bond donors (Lipinski definition) is 0. The minimum atomic E-state index is -0.0547. The van der Waals surface area contributed by atoms with E-state index in [9.17, 15) is 0 Å². The van der Waals surface area contributed by atoms with Crippen LogP contribution in [0.15, 0.2) is 12.1 Å². The van der Waals surface area contributed by atoms with Gasteiger partial charge < -0.3 is 0 Å². The SMILES string of the molecule is CC(C#N)N(C)Cc1ccc(Cl)s1. The number of nitriles is 1. The van der Waals surface area contributed by atoms with Crippen molar-refractivity contribution in [3.05, 3.63) is 21.3 Å². The van der Waals surface area contributed by atoms with Crippen LogP contribution in [0.5, 0.6) is 0 Å². The summed E-state index contributed by atoms with van der Waals surface area (Å²) >= 11 is 7.35. The average molecular weight is 215 g/mol. The van der Waals surface area contributed by atoms with Crippen molar-refractivity contribution in [1.29, 1.82) is 5.26 Å². The smallest absolute Gasteiger partial charge is 0.0950 e. The number of hydrogen-bond acceptors (Lipinski definition) is 3. The first-order valence-corrected chi connectivity index (χ1v) is 5.17. The normalized spacial score (nSPS) is 12.8. The van der Waals surface area contributed by atoms with Crippen LogP contribution in [-0.4, -0.2) is 18.0 Å². The van der Waals surface area contributed by atoms with Crippen molar-refractivity contribution in [3.63, 3.8) is 0 Å². The van der Waals surface area contributed by atoms with Crippen LogP contribution in [0.25, 0.3) is 0 Å². The summed E-state index contributed by atoms with van der Waals surface area (Å²) in [7, 11) is 1.93. The second-order valence-corrected chi connectivity index (χ2v) is 4.73. The highest BCUT2D eigenvalue weighted by atomic mass is 35.5. The maximum Gasteiger partial charge on any atom is 0.0950 e. The lowest BCUT2D eigenvalue weighted by Crippen LogP contribution is -2.26. The summed E-state index contributed by atoms with van der Waals surface area (Å²) in [6.07, 6.45) is 0. The van der Waals surface area contributed by atoms with E-state index < -0.39 is 0 Å². The first-order chi connectivity index (χ1) is 6.13. The van der Waals surface area contributed by atoms with Crippen LogP contribution in [0.4, 0.5) is 0 Å². The van der Waals surface area contributed by atoms with Crippen LogP contribution in [-0.2, 0) is 6.54 Å². The van der Waals surface area contributed by atoms with E-state index in [1.54, 1.807) is 11.3 Å². The zero-order valence-corrected chi connectivity index (χ0v) is 9.19. The topological polar surface area (TPSA) is 27.0 Å². The predicted molar refractivity (Wildman–Crippen MR) is 55.9 cm³/mol. The van der Waals surface area contributed by atoms with Gasteiger partial charge in [-0.1, -0.05) is 11.6 Å². The van der Waals surface area contributed by atoms with Crippen molar-refractivity contribution >= 4 is 22.9 Å². The molecule has 0 spiro atoms. The van der Waals surface area contributed by atoms with Gasteiger partial charge in [0.2, 0.25) is 0 Å². The van der Waals surface area contributed by atoms with Crippen molar-refractivity contribution in [2.75, 3.05) is 7.05 Å². The molecule has 0 saturated heterocycles. The molecule has 0 aliphatic carbocycles. The zero-order chi connectivity index (χ0) is 9.84. The quantitative estimate of drug-likeness (QED) is 0.774. The molecule has 0 aromatic carbocycles. The van der Waals surface area contributed by atoms with E-state index in [0.29, 0.717) is 0 Å². The van der Waals surface area contributed by atoms with Crippen LogP contribution in [0.1, 0.15) is 11.8 Å². The van der Waals surface area contributed by atoms with Crippen molar-refractivity contribution in [2.24, 2.45) is 0 Å². The van der Waals surface area contributed by atoms with Crippen molar-refractivity contribution in [2.45, 2.75) is 19.5 Å². The Labute approximate surface area is 87.4 Å². The average Bonchev–Trinajstić information content (AvgIpc) is 2.49. The summed E-state index contributed by atoms with van der Waals surface area (Å²) in [6.45, 7) is 2.67. The minimum Gasteiger partial charge on any atom is -0.286 e. The van der Waals surface area contributed by atoms with Crippen LogP contribution in [0, 0.1) is 11.3 Å². The molecule has 13 heavy (non-hydrogen) atoms. The Morgan fingerprint density at radius 3 is 2.85 bits per heavy atom. The van der Waals surface area contributed by atoms with E-state index in [4.69, 9.17) is 16.9 Å². The Balaban J connectivity index is 2.55. The number of nitrogens with zero attached hydrogens (tertiary/aromatic N) is 2. The van der Waals surface area contributed by atoms with Crippen LogP contribution < -0.4 is 0 Å². The highest BCUT2D eigenvalue weighted by Crippen LogP contribution is 2.22. The third-order valence-electron chi connectivity index (χ3n) is 1.88. The summed E-state index contributed by atoms with van der Waals surface area (Å²) in [5.74, 6) is 0. The van der Waals surface area contributed by atoms with Crippen molar-refractivity contribution in [1.82, 2.24) is 4.90 Å². The number of thiophene rings is 1. The molecule has 1 aromatic heterocycles. The van der Waals surface area contributed by atoms with E-state index in [1.165, 1.54) is 4.88 Å². The Morgan fingerprint density at radius 2 is 2.38 bits per heavy atom. The van der Waals surface area contributed by atoms with Gasteiger partial charge in [0.1, 0.15) is 0 Å². The first kappa shape index (κ1) is 10.5. The number of halogens is 1. The Hall–Kier alpha value is -0.560.